The zero-order valence-electron chi connectivity index (χ0n) is 10.5. The Morgan fingerprint density at radius 1 is 1.37 bits per heavy atom. The van der Waals surface area contributed by atoms with Gasteiger partial charge in [0.25, 0.3) is 0 Å². The van der Waals surface area contributed by atoms with Crippen molar-refractivity contribution in [2.45, 2.75) is 6.54 Å². The van der Waals surface area contributed by atoms with Gasteiger partial charge in [0.15, 0.2) is 0 Å². The number of nitrogens with zero attached hydrogens (tertiary/aromatic N) is 2. The lowest BCUT2D eigenvalue weighted by molar-refractivity contribution is -0.116. The second-order valence-corrected chi connectivity index (χ2v) is 4.06. The summed E-state index contributed by atoms with van der Waals surface area (Å²) in [6.45, 7) is 1.21. The highest BCUT2D eigenvalue weighted by Crippen LogP contribution is 2.06. The molecule has 0 aliphatic heterocycles. The van der Waals surface area contributed by atoms with Crippen LogP contribution in [0, 0.1) is 0 Å². The quantitative estimate of drug-likeness (QED) is 0.625. The van der Waals surface area contributed by atoms with Gasteiger partial charge in [0.05, 0.1) is 6.54 Å². The Labute approximate surface area is 111 Å². The van der Waals surface area contributed by atoms with Crippen molar-refractivity contribution in [3.05, 3.63) is 54.4 Å². The standard InChI is InChI=1S/C14H16N4O/c15-13-5-2-12(3-6-13)4-7-14(19)16-9-11-18-10-1-8-17-18/h1-8,10H,9,11,15H2,(H,16,19)/b7-4+. The molecule has 5 heteroatoms. The van der Waals surface area contributed by atoms with Crippen molar-refractivity contribution in [2.24, 2.45) is 0 Å². The van der Waals surface area contributed by atoms with Crippen LogP contribution in [0.25, 0.3) is 6.08 Å². The number of nitrogen functional groups attached to an aromatic ring is 1. The van der Waals surface area contributed by atoms with Crippen LogP contribution >= 0.6 is 0 Å². The normalized spacial score (nSPS) is 10.7. The number of hydrogen-bond donors (Lipinski definition) is 2. The Hall–Kier alpha value is -2.56. The highest BCUT2D eigenvalue weighted by Gasteiger charge is 1.95. The predicted octanol–water partition coefficient (Wildman–Crippen LogP) is 1.29. The smallest absolute Gasteiger partial charge is 0.244 e. The summed E-state index contributed by atoms with van der Waals surface area (Å²) in [5, 5.41) is 6.84. The molecule has 0 atom stereocenters. The summed E-state index contributed by atoms with van der Waals surface area (Å²) in [6.07, 6.45) is 6.83. The zero-order valence-corrected chi connectivity index (χ0v) is 10.5. The van der Waals surface area contributed by atoms with Crippen LogP contribution in [0.2, 0.25) is 0 Å². The lowest BCUT2D eigenvalue weighted by Crippen LogP contribution is -2.25. The Morgan fingerprint density at radius 2 is 2.16 bits per heavy atom. The summed E-state index contributed by atoms with van der Waals surface area (Å²) in [7, 11) is 0. The third kappa shape index (κ3) is 4.31. The van der Waals surface area contributed by atoms with Crippen molar-refractivity contribution < 1.29 is 4.79 Å². The van der Waals surface area contributed by atoms with Gasteiger partial charge in [-0.1, -0.05) is 12.1 Å². The van der Waals surface area contributed by atoms with Gasteiger partial charge in [-0.25, -0.2) is 0 Å². The molecule has 0 spiro atoms. The average Bonchev–Trinajstić information content (AvgIpc) is 2.91. The number of amides is 1. The number of hydrogen-bond acceptors (Lipinski definition) is 3. The molecule has 1 aromatic carbocycles. The van der Waals surface area contributed by atoms with Gasteiger partial charge in [-0.15, -0.1) is 0 Å². The van der Waals surface area contributed by atoms with Crippen molar-refractivity contribution in [1.82, 2.24) is 15.1 Å². The molecule has 0 aliphatic rings. The molecule has 0 radical (unpaired) electrons. The van der Waals surface area contributed by atoms with Gasteiger partial charge in [-0.3, -0.25) is 9.48 Å². The van der Waals surface area contributed by atoms with Crippen molar-refractivity contribution in [3.63, 3.8) is 0 Å². The van der Waals surface area contributed by atoms with Gasteiger partial charge >= 0.3 is 0 Å². The van der Waals surface area contributed by atoms with E-state index in [2.05, 4.69) is 10.4 Å². The fourth-order valence-corrected chi connectivity index (χ4v) is 1.56. The molecule has 0 fully saturated rings. The van der Waals surface area contributed by atoms with Crippen LogP contribution in [0.4, 0.5) is 5.69 Å². The van der Waals surface area contributed by atoms with E-state index in [4.69, 9.17) is 5.73 Å². The van der Waals surface area contributed by atoms with Gasteiger partial charge in [-0.2, -0.15) is 5.10 Å². The van der Waals surface area contributed by atoms with Crippen molar-refractivity contribution in [2.75, 3.05) is 12.3 Å². The first-order valence-corrected chi connectivity index (χ1v) is 6.03. The summed E-state index contributed by atoms with van der Waals surface area (Å²) >= 11 is 0. The van der Waals surface area contributed by atoms with Gasteiger partial charge in [0, 0.05) is 30.7 Å². The molecule has 0 saturated carbocycles. The number of carbonyl (C=O) groups excluding carboxylic acids is 1. The number of anilines is 1. The summed E-state index contributed by atoms with van der Waals surface area (Å²) in [6, 6.07) is 9.18. The average molecular weight is 256 g/mol. The van der Waals surface area contributed by atoms with E-state index in [1.165, 1.54) is 6.08 Å². The molecule has 1 aromatic heterocycles. The Balaban J connectivity index is 1.76. The third-order valence-corrected chi connectivity index (χ3v) is 2.56. The second kappa shape index (κ2) is 6.39. The van der Waals surface area contributed by atoms with Crippen LogP contribution in [0.3, 0.4) is 0 Å². The zero-order chi connectivity index (χ0) is 13.5. The van der Waals surface area contributed by atoms with E-state index in [0.29, 0.717) is 18.8 Å². The lowest BCUT2D eigenvalue weighted by Gasteiger charge is -2.02. The molecule has 0 aliphatic carbocycles. The van der Waals surface area contributed by atoms with Crippen LogP contribution in [0.15, 0.2) is 48.8 Å². The Bertz CT molecular complexity index is 543. The van der Waals surface area contributed by atoms with Crippen LogP contribution in [0.1, 0.15) is 5.56 Å². The largest absolute Gasteiger partial charge is 0.399 e. The van der Waals surface area contributed by atoms with E-state index < -0.39 is 0 Å². The molecule has 5 nitrogen and oxygen atoms in total. The fraction of sp³-hybridized carbons (Fsp3) is 0.143. The number of benzene rings is 1. The summed E-state index contributed by atoms with van der Waals surface area (Å²) in [5.74, 6) is -0.121. The van der Waals surface area contributed by atoms with E-state index in [9.17, 15) is 4.79 Å². The van der Waals surface area contributed by atoms with E-state index in [-0.39, 0.29) is 5.91 Å². The van der Waals surface area contributed by atoms with Crippen molar-refractivity contribution in [1.29, 1.82) is 0 Å². The summed E-state index contributed by atoms with van der Waals surface area (Å²) in [4.78, 5) is 11.6. The summed E-state index contributed by atoms with van der Waals surface area (Å²) in [5.41, 5.74) is 7.23. The van der Waals surface area contributed by atoms with Crippen LogP contribution < -0.4 is 11.1 Å². The first-order chi connectivity index (χ1) is 9.24. The topological polar surface area (TPSA) is 72.9 Å². The maximum atomic E-state index is 11.6. The molecule has 3 N–H and O–H groups in total. The first kappa shape index (κ1) is 12.9. The molecule has 0 unspecified atom stereocenters. The minimum absolute atomic E-state index is 0.121. The van der Waals surface area contributed by atoms with E-state index in [0.717, 1.165) is 5.56 Å². The molecular formula is C14H16N4O. The summed E-state index contributed by atoms with van der Waals surface area (Å²) < 4.78 is 1.77. The highest BCUT2D eigenvalue weighted by molar-refractivity contribution is 5.91. The van der Waals surface area contributed by atoms with Crippen LogP contribution in [-0.2, 0) is 11.3 Å². The van der Waals surface area contributed by atoms with E-state index in [1.54, 1.807) is 29.1 Å². The molecule has 1 heterocycles. The minimum atomic E-state index is -0.121. The fourth-order valence-electron chi connectivity index (χ4n) is 1.56. The molecule has 19 heavy (non-hydrogen) atoms. The Morgan fingerprint density at radius 3 is 2.84 bits per heavy atom. The van der Waals surface area contributed by atoms with Gasteiger partial charge in [0.1, 0.15) is 0 Å². The SMILES string of the molecule is Nc1ccc(/C=C/C(=O)NCCn2cccn2)cc1. The van der Waals surface area contributed by atoms with Crippen molar-refractivity contribution >= 4 is 17.7 Å². The maximum absolute atomic E-state index is 11.6. The number of rotatable bonds is 5. The molecular weight excluding hydrogens is 240 g/mol. The minimum Gasteiger partial charge on any atom is -0.399 e. The molecule has 2 aromatic rings. The van der Waals surface area contributed by atoms with Gasteiger partial charge < -0.3 is 11.1 Å². The molecule has 1 amide bonds. The number of carbonyl (C=O) groups is 1. The molecule has 0 bridgehead atoms. The molecule has 2 rings (SSSR count). The van der Waals surface area contributed by atoms with Crippen LogP contribution in [0.5, 0.6) is 0 Å². The molecule has 0 saturated heterocycles. The number of aromatic nitrogens is 2. The lowest BCUT2D eigenvalue weighted by atomic mass is 10.2. The van der Waals surface area contributed by atoms with Crippen molar-refractivity contribution in [3.8, 4) is 0 Å². The highest BCUT2D eigenvalue weighted by atomic mass is 16.1. The van der Waals surface area contributed by atoms with Crippen LogP contribution in [-0.4, -0.2) is 22.2 Å². The Kier molecular flexibility index (Phi) is 4.34. The number of nitrogens with one attached hydrogen (secondary N) is 1. The third-order valence-electron chi connectivity index (χ3n) is 2.56. The first-order valence-electron chi connectivity index (χ1n) is 6.03. The van der Waals surface area contributed by atoms with E-state index >= 15 is 0 Å². The van der Waals surface area contributed by atoms with Gasteiger partial charge in [-0.05, 0) is 29.8 Å². The van der Waals surface area contributed by atoms with E-state index in [1.807, 2.05) is 24.4 Å². The van der Waals surface area contributed by atoms with Gasteiger partial charge in [0.2, 0.25) is 5.91 Å². The maximum Gasteiger partial charge on any atom is 0.244 e. The number of nitrogens with two attached hydrogens (primary N) is 1. The molecule has 98 valence electrons. The monoisotopic (exact) mass is 256 g/mol. The predicted molar refractivity (Wildman–Crippen MR) is 75.1 cm³/mol. The second-order valence-electron chi connectivity index (χ2n) is 4.06.